The van der Waals surface area contributed by atoms with E-state index in [1.165, 1.54) is 17.2 Å². The summed E-state index contributed by atoms with van der Waals surface area (Å²) in [5, 5.41) is 13.8. The fourth-order valence-electron chi connectivity index (χ4n) is 3.41. The maximum atomic E-state index is 12.3. The van der Waals surface area contributed by atoms with Gasteiger partial charge in [-0.05, 0) is 44.0 Å². The molecular weight excluding hydrogens is 318 g/mol. The van der Waals surface area contributed by atoms with Gasteiger partial charge in [0.05, 0.1) is 11.5 Å². The number of hydrogen-bond acceptors (Lipinski definition) is 4. The van der Waals surface area contributed by atoms with Crippen molar-refractivity contribution in [1.82, 2.24) is 4.90 Å². The van der Waals surface area contributed by atoms with Crippen molar-refractivity contribution >= 4 is 17.3 Å². The van der Waals surface area contributed by atoms with Crippen LogP contribution < -0.4 is 5.32 Å². The quantitative estimate of drug-likeness (QED) is 0.668. The molecule has 0 aromatic heterocycles. The summed E-state index contributed by atoms with van der Waals surface area (Å²) in [6, 6.07) is 13.3. The van der Waals surface area contributed by atoms with Crippen molar-refractivity contribution in [3.05, 3.63) is 69.3 Å². The lowest BCUT2D eigenvalue weighted by Crippen LogP contribution is -2.32. The average molecular weight is 339 g/mol. The van der Waals surface area contributed by atoms with Gasteiger partial charge in [0, 0.05) is 23.4 Å². The van der Waals surface area contributed by atoms with Gasteiger partial charge in [0.1, 0.15) is 0 Å². The lowest BCUT2D eigenvalue weighted by atomic mass is 10.1. The van der Waals surface area contributed by atoms with Crippen LogP contribution in [0.25, 0.3) is 0 Å². The van der Waals surface area contributed by atoms with Gasteiger partial charge in [0.2, 0.25) is 5.91 Å². The summed E-state index contributed by atoms with van der Waals surface area (Å²) in [7, 11) is 1.93. The Labute approximate surface area is 146 Å². The molecule has 25 heavy (non-hydrogen) atoms. The standard InChI is InChI=1S/C19H21N3O3/c1-13-7-9-15(11-18(13)22(24)25)20-19(23)12-21(2)17-10-8-14-5-3-4-6-16(14)17/h3-7,9,11,17H,8,10,12H2,1-2H3,(H,20,23). The molecule has 2 aromatic rings. The summed E-state index contributed by atoms with van der Waals surface area (Å²) < 4.78 is 0. The van der Waals surface area contributed by atoms with Crippen LogP contribution in [-0.4, -0.2) is 29.3 Å². The van der Waals surface area contributed by atoms with Gasteiger partial charge in [-0.3, -0.25) is 19.8 Å². The molecule has 1 amide bonds. The van der Waals surface area contributed by atoms with E-state index in [9.17, 15) is 14.9 Å². The minimum absolute atomic E-state index is 0.0101. The molecule has 0 saturated carbocycles. The summed E-state index contributed by atoms with van der Waals surface area (Å²) in [4.78, 5) is 24.9. The summed E-state index contributed by atoms with van der Waals surface area (Å²) >= 11 is 0. The molecule has 6 nitrogen and oxygen atoms in total. The number of nitro benzene ring substituents is 1. The van der Waals surface area contributed by atoms with Crippen LogP contribution in [0.3, 0.4) is 0 Å². The second-order valence-electron chi connectivity index (χ2n) is 6.47. The predicted molar refractivity (Wildman–Crippen MR) is 96.6 cm³/mol. The number of carbonyl (C=O) groups is 1. The van der Waals surface area contributed by atoms with Crippen LogP contribution in [-0.2, 0) is 11.2 Å². The van der Waals surface area contributed by atoms with Crippen molar-refractivity contribution in [2.24, 2.45) is 0 Å². The summed E-state index contributed by atoms with van der Waals surface area (Å²) in [6.45, 7) is 1.91. The Kier molecular flexibility index (Phi) is 4.81. The van der Waals surface area contributed by atoms with Crippen LogP contribution >= 0.6 is 0 Å². The van der Waals surface area contributed by atoms with E-state index in [0.717, 1.165) is 12.8 Å². The first kappa shape index (κ1) is 17.1. The molecule has 0 heterocycles. The molecule has 0 aliphatic heterocycles. The van der Waals surface area contributed by atoms with E-state index >= 15 is 0 Å². The largest absolute Gasteiger partial charge is 0.325 e. The zero-order chi connectivity index (χ0) is 18.0. The Balaban J connectivity index is 1.65. The van der Waals surface area contributed by atoms with E-state index in [0.29, 0.717) is 11.3 Å². The number of hydrogen-bond donors (Lipinski definition) is 1. The fraction of sp³-hybridized carbons (Fsp3) is 0.316. The van der Waals surface area contributed by atoms with Gasteiger partial charge >= 0.3 is 0 Å². The number of nitrogens with zero attached hydrogens (tertiary/aromatic N) is 2. The number of amides is 1. The van der Waals surface area contributed by atoms with Crippen LogP contribution in [0.2, 0.25) is 0 Å². The van der Waals surface area contributed by atoms with Crippen LogP contribution in [0.1, 0.15) is 29.2 Å². The third-order valence-corrected chi connectivity index (χ3v) is 4.72. The number of carbonyl (C=O) groups excluding carboxylic acids is 1. The SMILES string of the molecule is Cc1ccc(NC(=O)CN(C)C2CCc3ccccc32)cc1[N+](=O)[O-]. The molecule has 0 fully saturated rings. The molecule has 0 saturated heterocycles. The van der Waals surface area contributed by atoms with Crippen LogP contribution in [0.4, 0.5) is 11.4 Å². The minimum Gasteiger partial charge on any atom is -0.325 e. The number of benzene rings is 2. The Morgan fingerprint density at radius 3 is 2.84 bits per heavy atom. The van der Waals surface area contributed by atoms with Crippen LogP contribution in [0, 0.1) is 17.0 Å². The normalized spacial score (nSPS) is 15.9. The highest BCUT2D eigenvalue weighted by Crippen LogP contribution is 2.34. The van der Waals surface area contributed by atoms with Gasteiger partial charge in [-0.15, -0.1) is 0 Å². The molecule has 0 bridgehead atoms. The van der Waals surface area contributed by atoms with E-state index in [4.69, 9.17) is 0 Å². The predicted octanol–water partition coefficient (Wildman–Crippen LogP) is 3.46. The first-order valence-electron chi connectivity index (χ1n) is 8.28. The Bertz CT molecular complexity index is 819. The zero-order valence-corrected chi connectivity index (χ0v) is 14.4. The third kappa shape index (κ3) is 3.69. The van der Waals surface area contributed by atoms with E-state index < -0.39 is 4.92 Å². The highest BCUT2D eigenvalue weighted by atomic mass is 16.6. The van der Waals surface area contributed by atoms with E-state index in [-0.39, 0.29) is 24.2 Å². The van der Waals surface area contributed by atoms with Crippen molar-refractivity contribution in [2.75, 3.05) is 18.9 Å². The highest BCUT2D eigenvalue weighted by Gasteiger charge is 2.26. The maximum Gasteiger partial charge on any atom is 0.274 e. The lowest BCUT2D eigenvalue weighted by Gasteiger charge is -2.24. The second kappa shape index (κ2) is 7.03. The monoisotopic (exact) mass is 339 g/mol. The topological polar surface area (TPSA) is 75.5 Å². The van der Waals surface area contributed by atoms with Crippen molar-refractivity contribution in [2.45, 2.75) is 25.8 Å². The first-order chi connectivity index (χ1) is 12.0. The fourth-order valence-corrected chi connectivity index (χ4v) is 3.41. The second-order valence-corrected chi connectivity index (χ2v) is 6.47. The number of nitrogens with one attached hydrogen (secondary N) is 1. The number of nitro groups is 1. The van der Waals surface area contributed by atoms with Gasteiger partial charge in [-0.1, -0.05) is 30.3 Å². The first-order valence-corrected chi connectivity index (χ1v) is 8.28. The maximum absolute atomic E-state index is 12.3. The summed E-state index contributed by atoms with van der Waals surface area (Å²) in [5.41, 5.74) is 3.65. The number of rotatable bonds is 5. The Morgan fingerprint density at radius 1 is 1.32 bits per heavy atom. The van der Waals surface area contributed by atoms with Gasteiger partial charge in [0.25, 0.3) is 5.69 Å². The van der Waals surface area contributed by atoms with Gasteiger partial charge in [0.15, 0.2) is 0 Å². The van der Waals surface area contributed by atoms with Gasteiger partial charge in [-0.25, -0.2) is 0 Å². The van der Waals surface area contributed by atoms with Crippen LogP contribution in [0.15, 0.2) is 42.5 Å². The van der Waals surface area contributed by atoms with Crippen molar-refractivity contribution in [1.29, 1.82) is 0 Å². The molecule has 1 N–H and O–H groups in total. The smallest absolute Gasteiger partial charge is 0.274 e. The molecule has 1 unspecified atom stereocenters. The number of anilines is 1. The molecule has 6 heteroatoms. The zero-order valence-electron chi connectivity index (χ0n) is 14.4. The summed E-state index contributed by atoms with van der Waals surface area (Å²) in [5.74, 6) is -0.176. The third-order valence-electron chi connectivity index (χ3n) is 4.72. The van der Waals surface area contributed by atoms with Gasteiger partial charge < -0.3 is 5.32 Å². The molecule has 1 aliphatic carbocycles. The minimum atomic E-state index is -0.438. The highest BCUT2D eigenvalue weighted by molar-refractivity contribution is 5.92. The molecule has 2 aromatic carbocycles. The van der Waals surface area contributed by atoms with Gasteiger partial charge in [-0.2, -0.15) is 0 Å². The Hall–Kier alpha value is -2.73. The molecule has 1 atom stereocenters. The molecule has 0 spiro atoms. The molecule has 130 valence electrons. The van der Waals surface area contributed by atoms with Crippen LogP contribution in [0.5, 0.6) is 0 Å². The number of fused-ring (bicyclic) bond motifs is 1. The molecule has 0 radical (unpaired) electrons. The van der Waals surface area contributed by atoms with E-state index in [2.05, 4.69) is 17.4 Å². The molecule has 3 rings (SSSR count). The van der Waals surface area contributed by atoms with Crippen molar-refractivity contribution < 1.29 is 9.72 Å². The molecule has 1 aliphatic rings. The molecular formula is C19H21N3O3. The van der Waals surface area contributed by atoms with E-state index in [1.54, 1.807) is 19.1 Å². The Morgan fingerprint density at radius 2 is 2.08 bits per heavy atom. The lowest BCUT2D eigenvalue weighted by molar-refractivity contribution is -0.385. The van der Waals surface area contributed by atoms with E-state index in [1.807, 2.05) is 24.1 Å². The van der Waals surface area contributed by atoms with Crippen molar-refractivity contribution in [3.8, 4) is 0 Å². The summed E-state index contributed by atoms with van der Waals surface area (Å²) in [6.07, 6.45) is 2.02. The number of likely N-dealkylation sites (N-methyl/N-ethyl adjacent to an activating group) is 1. The van der Waals surface area contributed by atoms with Crippen molar-refractivity contribution in [3.63, 3.8) is 0 Å². The average Bonchev–Trinajstić information content (AvgIpc) is 3.00. The number of aryl methyl sites for hydroxylation is 2.